The second kappa shape index (κ2) is 8.28. The third-order valence-electron chi connectivity index (χ3n) is 4.28. The maximum Gasteiger partial charge on any atom is 0.271 e. The first kappa shape index (κ1) is 19.6. The molecule has 3 aromatic heterocycles. The van der Waals surface area contributed by atoms with E-state index in [1.54, 1.807) is 7.11 Å². The number of amides is 1. The van der Waals surface area contributed by atoms with Gasteiger partial charge in [-0.1, -0.05) is 11.6 Å². The summed E-state index contributed by atoms with van der Waals surface area (Å²) in [6, 6.07) is 2.90. The van der Waals surface area contributed by atoms with Crippen molar-refractivity contribution in [2.24, 2.45) is 5.73 Å². The number of ether oxygens (including phenoxy) is 1. The van der Waals surface area contributed by atoms with E-state index in [1.165, 1.54) is 48.3 Å². The van der Waals surface area contributed by atoms with Gasteiger partial charge < -0.3 is 26.5 Å². The molecule has 0 radical (unpaired) electrons. The van der Waals surface area contributed by atoms with Crippen molar-refractivity contribution < 1.29 is 9.53 Å². The third kappa shape index (κ3) is 4.24. The van der Waals surface area contributed by atoms with E-state index in [1.807, 2.05) is 0 Å². The molecule has 0 bridgehead atoms. The van der Waals surface area contributed by atoms with Gasteiger partial charge in [-0.05, 0) is 25.3 Å². The molecule has 28 heavy (non-hydrogen) atoms. The molecule has 1 fully saturated rings. The number of anilines is 3. The summed E-state index contributed by atoms with van der Waals surface area (Å²) >= 11 is 5.83. The highest BCUT2D eigenvalue weighted by Crippen LogP contribution is 2.21. The van der Waals surface area contributed by atoms with Gasteiger partial charge in [0.25, 0.3) is 11.5 Å². The van der Waals surface area contributed by atoms with Crippen molar-refractivity contribution in [1.29, 1.82) is 0 Å². The number of nitrogens with zero attached hydrogens (tertiary/aromatic N) is 3. The van der Waals surface area contributed by atoms with Crippen molar-refractivity contribution in [2.75, 3.05) is 18.2 Å². The molecule has 3 heterocycles. The van der Waals surface area contributed by atoms with Crippen LogP contribution in [0.25, 0.3) is 5.65 Å². The molecule has 10 nitrogen and oxygen atoms in total. The number of methoxy groups -OCH3 is 1. The number of nitrogen functional groups attached to an aromatic ring is 1. The van der Waals surface area contributed by atoms with E-state index < -0.39 is 5.91 Å². The van der Waals surface area contributed by atoms with E-state index in [9.17, 15) is 9.59 Å². The first-order valence-electron chi connectivity index (χ1n) is 8.51. The molecule has 0 aromatic carbocycles. The van der Waals surface area contributed by atoms with Gasteiger partial charge >= 0.3 is 0 Å². The molecular formula is C17H20ClN7O3. The van der Waals surface area contributed by atoms with Crippen molar-refractivity contribution in [2.45, 2.75) is 25.4 Å². The number of H-pyrrole nitrogens is 1. The molecule has 1 saturated carbocycles. The van der Waals surface area contributed by atoms with Crippen LogP contribution >= 0.6 is 11.6 Å². The van der Waals surface area contributed by atoms with Crippen LogP contribution in [-0.4, -0.2) is 38.7 Å². The topological polar surface area (TPSA) is 153 Å². The molecule has 0 spiro atoms. The molecule has 0 saturated heterocycles. The van der Waals surface area contributed by atoms with Crippen molar-refractivity contribution in [1.82, 2.24) is 19.6 Å². The number of hydrogen-bond acceptors (Lipinski definition) is 7. The van der Waals surface area contributed by atoms with E-state index in [0.717, 1.165) is 0 Å². The van der Waals surface area contributed by atoms with Crippen LogP contribution in [0.4, 0.5) is 17.3 Å². The fourth-order valence-corrected chi connectivity index (χ4v) is 2.68. The number of primary amides is 1. The number of rotatable bonds is 4. The van der Waals surface area contributed by atoms with Crippen LogP contribution in [0.2, 0.25) is 5.02 Å². The fraction of sp³-hybridized carbons (Fsp3) is 0.294. The van der Waals surface area contributed by atoms with Gasteiger partial charge in [0.05, 0.1) is 17.3 Å². The van der Waals surface area contributed by atoms with Gasteiger partial charge in [0.15, 0.2) is 5.65 Å². The minimum absolute atomic E-state index is 0.121. The zero-order valence-electron chi connectivity index (χ0n) is 15.1. The summed E-state index contributed by atoms with van der Waals surface area (Å²) in [5.41, 5.74) is 11.2. The molecule has 0 atom stereocenters. The molecule has 0 aliphatic heterocycles. The summed E-state index contributed by atoms with van der Waals surface area (Å²) in [4.78, 5) is 29.7. The van der Waals surface area contributed by atoms with Crippen LogP contribution in [0.15, 0.2) is 29.3 Å². The number of aromatic nitrogens is 4. The summed E-state index contributed by atoms with van der Waals surface area (Å²) in [7, 11) is 1.78. The maximum absolute atomic E-state index is 11.7. The first-order valence-corrected chi connectivity index (χ1v) is 8.89. The van der Waals surface area contributed by atoms with Crippen molar-refractivity contribution in [3.8, 4) is 0 Å². The van der Waals surface area contributed by atoms with Crippen LogP contribution in [0, 0.1) is 0 Å². The Hall–Kier alpha value is -3.11. The number of aromatic amines is 1. The number of carbonyl (C=O) groups is 1. The zero-order valence-corrected chi connectivity index (χ0v) is 15.9. The van der Waals surface area contributed by atoms with Gasteiger partial charge in [0.1, 0.15) is 22.9 Å². The monoisotopic (exact) mass is 405 g/mol. The van der Waals surface area contributed by atoms with E-state index in [-0.39, 0.29) is 34.1 Å². The van der Waals surface area contributed by atoms with E-state index in [4.69, 9.17) is 27.8 Å². The predicted molar refractivity (Wildman–Crippen MR) is 106 cm³/mol. The lowest BCUT2D eigenvalue weighted by molar-refractivity contribution is 0.0412. The first-order chi connectivity index (χ1) is 13.4. The molecule has 148 valence electrons. The SMILES string of the molecule is COC1CCC1.NC(=O)c1cnn2c(N)cc(Nc3cc(Cl)c[nH]c3=O)nc12. The van der Waals surface area contributed by atoms with Crippen LogP contribution < -0.4 is 22.3 Å². The quantitative estimate of drug-likeness (QED) is 0.514. The Morgan fingerprint density at radius 3 is 2.75 bits per heavy atom. The minimum atomic E-state index is -0.681. The molecular weight excluding hydrogens is 386 g/mol. The van der Waals surface area contributed by atoms with Crippen LogP contribution in [-0.2, 0) is 4.74 Å². The summed E-state index contributed by atoms with van der Waals surface area (Å²) < 4.78 is 6.26. The highest BCUT2D eigenvalue weighted by molar-refractivity contribution is 6.30. The molecule has 1 aliphatic carbocycles. The Balaban J connectivity index is 0.000000320. The number of fused-ring (bicyclic) bond motifs is 1. The van der Waals surface area contributed by atoms with Crippen LogP contribution in [0.1, 0.15) is 29.6 Å². The number of carbonyl (C=O) groups excluding carboxylic acids is 1. The fourth-order valence-electron chi connectivity index (χ4n) is 2.52. The summed E-state index contributed by atoms with van der Waals surface area (Å²) in [6.07, 6.45) is 7.20. The average molecular weight is 406 g/mol. The summed E-state index contributed by atoms with van der Waals surface area (Å²) in [6.45, 7) is 0. The lowest BCUT2D eigenvalue weighted by Gasteiger charge is -2.22. The Bertz CT molecular complexity index is 1060. The smallest absolute Gasteiger partial charge is 0.271 e. The largest absolute Gasteiger partial charge is 0.383 e. The summed E-state index contributed by atoms with van der Waals surface area (Å²) in [5, 5.41) is 7.07. The van der Waals surface area contributed by atoms with Crippen LogP contribution in [0.5, 0.6) is 0 Å². The van der Waals surface area contributed by atoms with E-state index in [0.29, 0.717) is 11.1 Å². The molecule has 0 unspecified atom stereocenters. The molecule has 3 aromatic rings. The average Bonchev–Trinajstić information content (AvgIpc) is 3.02. The van der Waals surface area contributed by atoms with Gasteiger partial charge in [-0.15, -0.1) is 0 Å². The second-order valence-corrected chi connectivity index (χ2v) is 6.63. The van der Waals surface area contributed by atoms with E-state index in [2.05, 4.69) is 20.4 Å². The van der Waals surface area contributed by atoms with E-state index >= 15 is 0 Å². The normalized spacial score (nSPS) is 13.5. The number of pyridine rings is 1. The number of halogens is 1. The second-order valence-electron chi connectivity index (χ2n) is 6.20. The van der Waals surface area contributed by atoms with Crippen molar-refractivity contribution >= 4 is 40.5 Å². The highest BCUT2D eigenvalue weighted by Gasteiger charge is 2.15. The Morgan fingerprint density at radius 1 is 1.43 bits per heavy atom. The molecule has 4 rings (SSSR count). The highest BCUT2D eigenvalue weighted by atomic mass is 35.5. The Kier molecular flexibility index (Phi) is 5.81. The standard InChI is InChI=1S/C12H10ClN7O2.C5H10O/c13-5-1-7(12(22)16-3-5)18-9-2-8(14)20-11(19-9)6(4-17-20)10(15)21;1-6-5-3-2-4-5/h1-4H,14H2,(H2,15,21)(H,16,22)(H,18,19);5H,2-4H2,1H3. The number of nitrogens with two attached hydrogens (primary N) is 2. The van der Waals surface area contributed by atoms with Gasteiger partial charge in [-0.2, -0.15) is 9.61 Å². The molecule has 1 aliphatic rings. The molecule has 11 heteroatoms. The molecule has 6 N–H and O–H groups in total. The number of nitrogens with one attached hydrogen (secondary N) is 2. The predicted octanol–water partition coefficient (Wildman–Crippen LogP) is 1.68. The van der Waals surface area contributed by atoms with Gasteiger partial charge in [0, 0.05) is 19.4 Å². The minimum Gasteiger partial charge on any atom is -0.383 e. The number of hydrogen-bond donors (Lipinski definition) is 4. The van der Waals surface area contributed by atoms with Crippen molar-refractivity contribution in [3.05, 3.63) is 45.5 Å². The van der Waals surface area contributed by atoms with Gasteiger partial charge in [-0.25, -0.2) is 4.98 Å². The van der Waals surface area contributed by atoms with Crippen molar-refractivity contribution in [3.63, 3.8) is 0 Å². The van der Waals surface area contributed by atoms with Gasteiger partial charge in [0.2, 0.25) is 0 Å². The Labute approximate surface area is 164 Å². The lowest BCUT2D eigenvalue weighted by Crippen LogP contribution is -2.18. The molecule has 1 amide bonds. The van der Waals surface area contributed by atoms with Gasteiger partial charge in [-0.3, -0.25) is 9.59 Å². The lowest BCUT2D eigenvalue weighted by atomic mass is 9.96. The van der Waals surface area contributed by atoms with Crippen LogP contribution in [0.3, 0.4) is 0 Å². The summed E-state index contributed by atoms with van der Waals surface area (Å²) in [5.74, 6) is -0.209. The maximum atomic E-state index is 11.7. The third-order valence-corrected chi connectivity index (χ3v) is 4.50. The zero-order chi connectivity index (χ0) is 20.3. The Morgan fingerprint density at radius 2 is 2.18 bits per heavy atom.